The van der Waals surface area contributed by atoms with Crippen LogP contribution in [0.2, 0.25) is 0 Å². The Hall–Kier alpha value is -2.50. The molecule has 5 heteroatoms. The number of fused-ring (bicyclic) bond motifs is 1. The van der Waals surface area contributed by atoms with Crippen molar-refractivity contribution in [2.24, 2.45) is 0 Å². The fourth-order valence-electron chi connectivity index (χ4n) is 3.36. The molecule has 0 radical (unpaired) electrons. The van der Waals surface area contributed by atoms with Crippen molar-refractivity contribution in [1.82, 2.24) is 19.7 Å². The maximum absolute atomic E-state index is 10.4. The molecular weight excluding hydrogens is 312 g/mol. The number of nitrogens with zero attached hydrogens (tertiary/aromatic N) is 4. The van der Waals surface area contributed by atoms with Crippen LogP contribution in [0.25, 0.3) is 0 Å². The SMILES string of the molecule is OC(CN1CCn2c(Cc3ccccc3)nnc2C1)c1ccccc1. The van der Waals surface area contributed by atoms with Crippen LogP contribution >= 0.6 is 0 Å². The Labute approximate surface area is 147 Å². The molecule has 1 atom stereocenters. The number of β-amino-alcohol motifs (C(OH)–C–C–N with tert-alkyl or cyclic N) is 1. The minimum Gasteiger partial charge on any atom is -0.387 e. The van der Waals surface area contributed by atoms with Crippen molar-refractivity contribution in [2.45, 2.75) is 25.6 Å². The van der Waals surface area contributed by atoms with Gasteiger partial charge in [0.25, 0.3) is 0 Å². The average molecular weight is 334 g/mol. The second kappa shape index (κ2) is 7.17. The second-order valence-corrected chi connectivity index (χ2v) is 6.51. The van der Waals surface area contributed by atoms with Gasteiger partial charge in [-0.05, 0) is 11.1 Å². The number of hydrogen-bond donors (Lipinski definition) is 1. The molecule has 3 aromatic rings. The molecule has 1 aliphatic heterocycles. The molecule has 1 aliphatic rings. The first-order chi connectivity index (χ1) is 12.3. The lowest BCUT2D eigenvalue weighted by atomic mass is 10.1. The van der Waals surface area contributed by atoms with Gasteiger partial charge in [0.05, 0.1) is 12.6 Å². The van der Waals surface area contributed by atoms with Crippen LogP contribution in [0.4, 0.5) is 0 Å². The summed E-state index contributed by atoms with van der Waals surface area (Å²) in [6.07, 6.45) is 0.333. The van der Waals surface area contributed by atoms with Crippen LogP contribution in [-0.2, 0) is 19.5 Å². The van der Waals surface area contributed by atoms with Gasteiger partial charge in [-0.15, -0.1) is 10.2 Å². The van der Waals surface area contributed by atoms with E-state index >= 15 is 0 Å². The number of rotatable bonds is 5. The lowest BCUT2D eigenvalue weighted by molar-refractivity contribution is 0.0959. The van der Waals surface area contributed by atoms with Gasteiger partial charge in [0.2, 0.25) is 0 Å². The van der Waals surface area contributed by atoms with Gasteiger partial charge in [-0.3, -0.25) is 4.90 Å². The molecule has 5 nitrogen and oxygen atoms in total. The highest BCUT2D eigenvalue weighted by atomic mass is 16.3. The predicted molar refractivity (Wildman–Crippen MR) is 95.9 cm³/mol. The molecule has 0 fully saturated rings. The molecule has 1 unspecified atom stereocenters. The zero-order chi connectivity index (χ0) is 17.1. The van der Waals surface area contributed by atoms with E-state index in [1.807, 2.05) is 36.4 Å². The van der Waals surface area contributed by atoms with Crippen molar-refractivity contribution in [2.75, 3.05) is 13.1 Å². The Kier molecular flexibility index (Phi) is 4.59. The lowest BCUT2D eigenvalue weighted by Gasteiger charge is -2.29. The van der Waals surface area contributed by atoms with Gasteiger partial charge in [0, 0.05) is 26.1 Å². The summed E-state index contributed by atoms with van der Waals surface area (Å²) < 4.78 is 2.22. The molecule has 0 bridgehead atoms. The Morgan fingerprint density at radius 1 is 0.920 bits per heavy atom. The summed E-state index contributed by atoms with van der Waals surface area (Å²) in [6.45, 7) is 3.11. The van der Waals surface area contributed by atoms with Crippen LogP contribution in [0.5, 0.6) is 0 Å². The molecule has 1 N–H and O–H groups in total. The fourth-order valence-corrected chi connectivity index (χ4v) is 3.36. The molecular formula is C20H22N4O. The molecule has 2 heterocycles. The lowest BCUT2D eigenvalue weighted by Crippen LogP contribution is -2.37. The quantitative estimate of drug-likeness (QED) is 0.778. The van der Waals surface area contributed by atoms with Gasteiger partial charge in [-0.2, -0.15) is 0 Å². The Morgan fingerprint density at radius 3 is 2.40 bits per heavy atom. The third kappa shape index (κ3) is 3.62. The maximum Gasteiger partial charge on any atom is 0.147 e. The molecule has 2 aromatic carbocycles. The van der Waals surface area contributed by atoms with Crippen LogP contribution in [0.15, 0.2) is 60.7 Å². The zero-order valence-electron chi connectivity index (χ0n) is 14.1. The summed E-state index contributed by atoms with van der Waals surface area (Å²) in [6, 6.07) is 20.2. The number of benzene rings is 2. The van der Waals surface area contributed by atoms with Gasteiger partial charge in [-0.1, -0.05) is 60.7 Å². The van der Waals surface area contributed by atoms with Gasteiger partial charge in [-0.25, -0.2) is 0 Å². The van der Waals surface area contributed by atoms with Crippen LogP contribution in [0.3, 0.4) is 0 Å². The minimum absolute atomic E-state index is 0.473. The Morgan fingerprint density at radius 2 is 1.64 bits per heavy atom. The topological polar surface area (TPSA) is 54.2 Å². The highest BCUT2D eigenvalue weighted by Gasteiger charge is 2.23. The van der Waals surface area contributed by atoms with Crippen molar-refractivity contribution in [3.63, 3.8) is 0 Å². The summed E-state index contributed by atoms with van der Waals surface area (Å²) in [5.74, 6) is 2.00. The largest absolute Gasteiger partial charge is 0.387 e. The molecule has 0 amide bonds. The van der Waals surface area contributed by atoms with Crippen molar-refractivity contribution >= 4 is 0 Å². The molecule has 4 rings (SSSR count). The summed E-state index contributed by atoms with van der Waals surface area (Å²) in [4.78, 5) is 2.24. The summed E-state index contributed by atoms with van der Waals surface area (Å²) in [5.41, 5.74) is 2.21. The minimum atomic E-state index is -0.473. The van der Waals surface area contributed by atoms with E-state index in [0.717, 1.165) is 43.3 Å². The van der Waals surface area contributed by atoms with Gasteiger partial charge in [0.15, 0.2) is 0 Å². The zero-order valence-corrected chi connectivity index (χ0v) is 14.1. The van der Waals surface area contributed by atoms with Crippen LogP contribution in [0, 0.1) is 0 Å². The van der Waals surface area contributed by atoms with E-state index in [4.69, 9.17) is 0 Å². The van der Waals surface area contributed by atoms with E-state index < -0.39 is 6.10 Å². The van der Waals surface area contributed by atoms with Gasteiger partial charge >= 0.3 is 0 Å². The van der Waals surface area contributed by atoms with Crippen molar-refractivity contribution in [3.8, 4) is 0 Å². The highest BCUT2D eigenvalue weighted by molar-refractivity contribution is 5.20. The van der Waals surface area contributed by atoms with E-state index in [2.05, 4.69) is 43.9 Å². The first kappa shape index (κ1) is 16.0. The van der Waals surface area contributed by atoms with E-state index in [1.54, 1.807) is 0 Å². The van der Waals surface area contributed by atoms with Crippen molar-refractivity contribution < 1.29 is 5.11 Å². The molecule has 1 aromatic heterocycles. The predicted octanol–water partition coefficient (Wildman–Crippen LogP) is 2.42. The first-order valence-electron chi connectivity index (χ1n) is 8.70. The van der Waals surface area contributed by atoms with Crippen LogP contribution < -0.4 is 0 Å². The second-order valence-electron chi connectivity index (χ2n) is 6.51. The molecule has 25 heavy (non-hydrogen) atoms. The smallest absolute Gasteiger partial charge is 0.147 e. The van der Waals surface area contributed by atoms with E-state index in [-0.39, 0.29) is 0 Å². The molecule has 0 aliphatic carbocycles. The summed E-state index contributed by atoms with van der Waals surface area (Å²) >= 11 is 0. The molecule has 128 valence electrons. The third-order valence-electron chi connectivity index (χ3n) is 4.73. The van der Waals surface area contributed by atoms with Crippen molar-refractivity contribution in [3.05, 3.63) is 83.4 Å². The first-order valence-corrected chi connectivity index (χ1v) is 8.70. The Bertz CT molecular complexity index is 816. The van der Waals surface area contributed by atoms with E-state index in [0.29, 0.717) is 6.54 Å². The molecule has 0 spiro atoms. The normalized spacial score (nSPS) is 15.7. The van der Waals surface area contributed by atoms with E-state index in [1.165, 1.54) is 5.56 Å². The maximum atomic E-state index is 10.4. The molecule has 0 saturated heterocycles. The third-order valence-corrected chi connectivity index (χ3v) is 4.73. The van der Waals surface area contributed by atoms with E-state index in [9.17, 15) is 5.11 Å². The highest BCUT2D eigenvalue weighted by Crippen LogP contribution is 2.19. The monoisotopic (exact) mass is 334 g/mol. The van der Waals surface area contributed by atoms with Gasteiger partial charge < -0.3 is 9.67 Å². The molecule has 0 saturated carbocycles. The average Bonchev–Trinajstić information content (AvgIpc) is 3.05. The van der Waals surface area contributed by atoms with Crippen LogP contribution in [0.1, 0.15) is 28.9 Å². The van der Waals surface area contributed by atoms with Crippen molar-refractivity contribution in [1.29, 1.82) is 0 Å². The number of hydrogen-bond acceptors (Lipinski definition) is 4. The standard InChI is InChI=1S/C20H22N4O/c25-18(17-9-5-2-6-10-17)14-23-11-12-24-19(21-22-20(24)15-23)13-16-7-3-1-4-8-16/h1-10,18,25H,11-15H2. The summed E-state index contributed by atoms with van der Waals surface area (Å²) in [7, 11) is 0. The number of aliphatic hydroxyl groups excluding tert-OH is 1. The Balaban J connectivity index is 1.42. The fraction of sp³-hybridized carbons (Fsp3) is 0.300. The van der Waals surface area contributed by atoms with Gasteiger partial charge in [0.1, 0.15) is 11.6 Å². The van der Waals surface area contributed by atoms with Crippen LogP contribution in [-0.4, -0.2) is 37.9 Å². The number of aliphatic hydroxyl groups is 1. The summed E-state index contributed by atoms with van der Waals surface area (Å²) in [5, 5.41) is 19.2. The number of aromatic nitrogens is 3.